The molecule has 0 aliphatic heterocycles. The molecule has 3 aromatic heterocycles. The van der Waals surface area contributed by atoms with Crippen molar-refractivity contribution in [1.82, 2.24) is 24.1 Å². The van der Waals surface area contributed by atoms with E-state index >= 15 is 0 Å². The third-order valence-electron chi connectivity index (χ3n) is 3.73. The van der Waals surface area contributed by atoms with Gasteiger partial charge in [0.2, 0.25) is 0 Å². The molecule has 3 aromatic rings. The molecule has 21 heavy (non-hydrogen) atoms. The molecule has 6 heteroatoms. The Balaban J connectivity index is 1.78. The van der Waals surface area contributed by atoms with Crippen molar-refractivity contribution in [2.45, 2.75) is 32.1 Å². The Kier molecular flexibility index (Phi) is 2.87. The molecule has 0 aromatic carbocycles. The van der Waals surface area contributed by atoms with Crippen LogP contribution in [-0.4, -0.2) is 30.7 Å². The second-order valence-electron chi connectivity index (χ2n) is 5.49. The van der Waals surface area contributed by atoms with Gasteiger partial charge in [-0.05, 0) is 25.3 Å². The van der Waals surface area contributed by atoms with Crippen LogP contribution in [0.15, 0.2) is 30.9 Å². The van der Waals surface area contributed by atoms with E-state index in [9.17, 15) is 0 Å². The lowest BCUT2D eigenvalue weighted by molar-refractivity contribution is 0.809. The second kappa shape index (κ2) is 4.87. The van der Waals surface area contributed by atoms with Gasteiger partial charge in [0.15, 0.2) is 11.5 Å². The summed E-state index contributed by atoms with van der Waals surface area (Å²) in [6, 6.07) is 2.09. The van der Waals surface area contributed by atoms with Crippen LogP contribution < -0.4 is 5.32 Å². The van der Waals surface area contributed by atoms with Crippen molar-refractivity contribution >= 4 is 11.5 Å². The fourth-order valence-electron chi connectivity index (χ4n) is 2.46. The van der Waals surface area contributed by atoms with Crippen LogP contribution in [0, 0.1) is 0 Å². The molecule has 3 heterocycles. The fourth-order valence-corrected chi connectivity index (χ4v) is 2.46. The van der Waals surface area contributed by atoms with E-state index in [0.29, 0.717) is 5.92 Å². The molecule has 0 bridgehead atoms. The highest BCUT2D eigenvalue weighted by atomic mass is 15.3. The smallest absolute Gasteiger partial charge is 0.199 e. The van der Waals surface area contributed by atoms with Crippen molar-refractivity contribution < 1.29 is 0 Å². The van der Waals surface area contributed by atoms with Crippen LogP contribution in [0.1, 0.15) is 37.8 Å². The van der Waals surface area contributed by atoms with E-state index < -0.39 is 0 Å². The third-order valence-corrected chi connectivity index (χ3v) is 3.73. The van der Waals surface area contributed by atoms with E-state index in [2.05, 4.69) is 33.4 Å². The quantitative estimate of drug-likeness (QED) is 0.781. The van der Waals surface area contributed by atoms with Crippen molar-refractivity contribution in [2.75, 3.05) is 11.9 Å². The van der Waals surface area contributed by atoms with Gasteiger partial charge in [-0.2, -0.15) is 5.10 Å². The Morgan fingerprint density at radius 1 is 1.33 bits per heavy atom. The molecule has 1 aliphatic rings. The summed E-state index contributed by atoms with van der Waals surface area (Å²) in [4.78, 5) is 9.08. The number of rotatable bonds is 5. The van der Waals surface area contributed by atoms with Gasteiger partial charge >= 0.3 is 0 Å². The van der Waals surface area contributed by atoms with Gasteiger partial charge in [-0.3, -0.25) is 0 Å². The maximum Gasteiger partial charge on any atom is 0.199 e. The predicted octanol–water partition coefficient (Wildman–Crippen LogP) is 2.61. The van der Waals surface area contributed by atoms with E-state index in [0.717, 1.165) is 35.9 Å². The molecular formula is C15H18N6. The molecule has 1 N–H and O–H groups in total. The highest BCUT2D eigenvalue weighted by molar-refractivity contribution is 5.57. The molecule has 4 rings (SSSR count). The molecular weight excluding hydrogens is 264 g/mol. The number of hydrogen-bond donors (Lipinski definition) is 1. The summed E-state index contributed by atoms with van der Waals surface area (Å²) in [6.45, 7) is 3.04. The molecule has 1 fully saturated rings. The van der Waals surface area contributed by atoms with Crippen LogP contribution in [0.4, 0.5) is 5.82 Å². The van der Waals surface area contributed by atoms with Gasteiger partial charge < -0.3 is 9.72 Å². The monoisotopic (exact) mass is 282 g/mol. The van der Waals surface area contributed by atoms with Crippen LogP contribution in [0.3, 0.4) is 0 Å². The van der Waals surface area contributed by atoms with Crippen molar-refractivity contribution in [3.63, 3.8) is 0 Å². The highest BCUT2D eigenvalue weighted by Crippen LogP contribution is 2.39. The molecule has 6 nitrogen and oxygen atoms in total. The molecule has 0 spiro atoms. The van der Waals surface area contributed by atoms with E-state index in [1.165, 1.54) is 12.8 Å². The first kappa shape index (κ1) is 12.4. The Hall–Kier alpha value is -2.37. The van der Waals surface area contributed by atoms with Crippen LogP contribution in [-0.2, 0) is 0 Å². The molecule has 0 radical (unpaired) electrons. The molecule has 108 valence electrons. The topological polar surface area (TPSA) is 60.0 Å². The standard InChI is InChI=1S/C15H18N6/c1-2-6-16-13-10-20-9-7-17-14(20)15(18-13)21-8-5-12(19-21)11-3-4-11/h5,7-11,16H,2-4,6H2,1H3. The zero-order valence-electron chi connectivity index (χ0n) is 12.0. The van der Waals surface area contributed by atoms with E-state index in [-0.39, 0.29) is 0 Å². The molecule has 1 saturated carbocycles. The summed E-state index contributed by atoms with van der Waals surface area (Å²) in [7, 11) is 0. The molecule has 0 amide bonds. The van der Waals surface area contributed by atoms with Gasteiger partial charge in [0.25, 0.3) is 0 Å². The number of nitrogens with one attached hydrogen (secondary N) is 1. The third kappa shape index (κ3) is 2.26. The molecule has 0 saturated heterocycles. The van der Waals surface area contributed by atoms with Gasteiger partial charge in [-0.15, -0.1) is 0 Å². The summed E-state index contributed by atoms with van der Waals surface area (Å²) in [5, 5.41) is 7.99. The average molecular weight is 282 g/mol. The van der Waals surface area contributed by atoms with Crippen molar-refractivity contribution in [3.8, 4) is 5.82 Å². The zero-order chi connectivity index (χ0) is 14.2. The predicted molar refractivity (Wildman–Crippen MR) is 80.9 cm³/mol. The van der Waals surface area contributed by atoms with E-state index in [1.54, 1.807) is 6.20 Å². The van der Waals surface area contributed by atoms with Crippen LogP contribution >= 0.6 is 0 Å². The lowest BCUT2D eigenvalue weighted by Gasteiger charge is -2.08. The number of imidazole rings is 1. The lowest BCUT2D eigenvalue weighted by Crippen LogP contribution is -2.08. The van der Waals surface area contributed by atoms with Crippen LogP contribution in [0.25, 0.3) is 11.5 Å². The summed E-state index contributed by atoms with van der Waals surface area (Å²) >= 11 is 0. The normalized spacial score (nSPS) is 14.7. The van der Waals surface area contributed by atoms with Gasteiger partial charge in [-0.1, -0.05) is 6.92 Å². The van der Waals surface area contributed by atoms with Crippen molar-refractivity contribution in [1.29, 1.82) is 0 Å². The summed E-state index contributed by atoms with van der Waals surface area (Å²) in [5.41, 5.74) is 1.98. The van der Waals surface area contributed by atoms with E-state index in [1.807, 2.05) is 27.7 Å². The van der Waals surface area contributed by atoms with Gasteiger partial charge in [0, 0.05) is 31.1 Å². The van der Waals surface area contributed by atoms with Crippen molar-refractivity contribution in [3.05, 3.63) is 36.5 Å². The second-order valence-corrected chi connectivity index (χ2v) is 5.49. The molecule has 1 aliphatic carbocycles. The van der Waals surface area contributed by atoms with Crippen LogP contribution in [0.2, 0.25) is 0 Å². The minimum absolute atomic E-state index is 0.642. The number of nitrogens with zero attached hydrogens (tertiary/aromatic N) is 5. The minimum Gasteiger partial charge on any atom is -0.369 e. The first-order valence-electron chi connectivity index (χ1n) is 7.48. The van der Waals surface area contributed by atoms with E-state index in [4.69, 9.17) is 0 Å². The minimum atomic E-state index is 0.642. The molecule has 0 unspecified atom stereocenters. The zero-order valence-corrected chi connectivity index (χ0v) is 12.0. The lowest BCUT2D eigenvalue weighted by atomic mass is 10.3. The summed E-state index contributed by atoms with van der Waals surface area (Å²) in [5.74, 6) is 2.26. The fraction of sp³-hybridized carbons (Fsp3) is 0.400. The van der Waals surface area contributed by atoms with Gasteiger partial charge in [-0.25, -0.2) is 14.6 Å². The largest absolute Gasteiger partial charge is 0.369 e. The van der Waals surface area contributed by atoms with Crippen LogP contribution in [0.5, 0.6) is 0 Å². The Morgan fingerprint density at radius 3 is 3.05 bits per heavy atom. The average Bonchev–Trinajstić information content (AvgIpc) is 3.05. The SMILES string of the molecule is CCCNc1cn2ccnc2c(-n2ccc(C3CC3)n2)n1. The summed E-state index contributed by atoms with van der Waals surface area (Å²) in [6.07, 6.45) is 11.2. The number of hydrogen-bond acceptors (Lipinski definition) is 4. The molecule has 0 atom stereocenters. The van der Waals surface area contributed by atoms with Crippen molar-refractivity contribution in [2.24, 2.45) is 0 Å². The highest BCUT2D eigenvalue weighted by Gasteiger charge is 2.26. The first-order chi connectivity index (χ1) is 10.3. The van der Waals surface area contributed by atoms with Gasteiger partial charge in [0.1, 0.15) is 5.82 Å². The Bertz CT molecular complexity index is 767. The Labute approximate surface area is 122 Å². The first-order valence-corrected chi connectivity index (χ1v) is 7.48. The Morgan fingerprint density at radius 2 is 2.24 bits per heavy atom. The number of aromatic nitrogens is 5. The maximum atomic E-state index is 4.68. The number of anilines is 1. The van der Waals surface area contributed by atoms with Gasteiger partial charge in [0.05, 0.1) is 11.9 Å². The summed E-state index contributed by atoms with van der Waals surface area (Å²) < 4.78 is 3.83. The maximum absolute atomic E-state index is 4.68. The number of fused-ring (bicyclic) bond motifs is 1.